The number of halogens is 1. The third-order valence-electron chi connectivity index (χ3n) is 6.11. The first-order chi connectivity index (χ1) is 16.4. The molecule has 7 heteroatoms. The molecule has 4 rings (SSSR count). The fourth-order valence-electron chi connectivity index (χ4n) is 4.51. The predicted molar refractivity (Wildman–Crippen MR) is 138 cm³/mol. The minimum atomic E-state index is -0.138. The number of hydrogen-bond acceptors (Lipinski definition) is 4. The van der Waals surface area contributed by atoms with Crippen molar-refractivity contribution in [3.05, 3.63) is 82.9 Å². The van der Waals surface area contributed by atoms with Gasteiger partial charge < -0.3 is 21.3 Å². The third-order valence-corrected chi connectivity index (χ3v) is 6.37. The molecule has 4 N–H and O–H groups in total. The Hall–Kier alpha value is -3.35. The van der Waals surface area contributed by atoms with Crippen LogP contribution in [0.15, 0.2) is 66.7 Å². The number of anilines is 2. The second-order valence-electron chi connectivity index (χ2n) is 8.57. The molecule has 0 bridgehead atoms. The molecule has 0 fully saturated rings. The van der Waals surface area contributed by atoms with Gasteiger partial charge in [0.25, 0.3) is 5.91 Å². The van der Waals surface area contributed by atoms with E-state index >= 15 is 0 Å². The summed E-state index contributed by atoms with van der Waals surface area (Å²) in [4.78, 5) is 26.5. The van der Waals surface area contributed by atoms with Gasteiger partial charge in [-0.05, 0) is 78.6 Å². The van der Waals surface area contributed by atoms with Crippen LogP contribution in [0, 0.1) is 0 Å². The number of benzene rings is 3. The average Bonchev–Trinajstić information content (AvgIpc) is 2.83. The molecule has 0 aromatic heterocycles. The SMILES string of the molecule is CC(=O)N1c2ccc(-c3ccc(C(=O)NCCN)cc3)cc2C(Nc2ccc(Cl)cc2)C[C@@H]1C. The molecule has 0 spiro atoms. The molecule has 0 radical (unpaired) electrons. The van der Waals surface area contributed by atoms with Crippen LogP contribution >= 0.6 is 11.6 Å². The van der Waals surface area contributed by atoms with Crippen LogP contribution < -0.4 is 21.3 Å². The normalized spacial score (nSPS) is 17.1. The number of rotatable bonds is 6. The Morgan fingerprint density at radius 1 is 1.03 bits per heavy atom. The average molecular weight is 477 g/mol. The summed E-state index contributed by atoms with van der Waals surface area (Å²) in [6.07, 6.45) is 0.777. The van der Waals surface area contributed by atoms with Gasteiger partial charge in [0.2, 0.25) is 5.91 Å². The van der Waals surface area contributed by atoms with E-state index in [1.807, 2.05) is 65.6 Å². The van der Waals surface area contributed by atoms with Crippen molar-refractivity contribution in [2.24, 2.45) is 5.73 Å². The zero-order valence-electron chi connectivity index (χ0n) is 19.3. The topological polar surface area (TPSA) is 87.5 Å². The van der Waals surface area contributed by atoms with E-state index in [0.717, 1.165) is 34.5 Å². The monoisotopic (exact) mass is 476 g/mol. The van der Waals surface area contributed by atoms with Crippen molar-refractivity contribution in [1.82, 2.24) is 5.32 Å². The summed E-state index contributed by atoms with van der Waals surface area (Å²) in [5.74, 6) is -0.111. The van der Waals surface area contributed by atoms with E-state index in [4.69, 9.17) is 17.3 Å². The minimum Gasteiger partial charge on any atom is -0.378 e. The summed E-state index contributed by atoms with van der Waals surface area (Å²) in [5.41, 5.74) is 11.0. The molecule has 2 amide bonds. The number of nitrogens with zero attached hydrogens (tertiary/aromatic N) is 1. The van der Waals surface area contributed by atoms with Crippen LogP contribution in [0.3, 0.4) is 0 Å². The minimum absolute atomic E-state index is 0.0271. The zero-order chi connectivity index (χ0) is 24.2. The molecule has 0 aliphatic carbocycles. The van der Waals surface area contributed by atoms with Gasteiger partial charge in [0.1, 0.15) is 0 Å². The van der Waals surface area contributed by atoms with Crippen molar-refractivity contribution in [2.75, 3.05) is 23.3 Å². The molecular weight excluding hydrogens is 448 g/mol. The van der Waals surface area contributed by atoms with Crippen LogP contribution in [0.4, 0.5) is 11.4 Å². The first-order valence-electron chi connectivity index (χ1n) is 11.4. The van der Waals surface area contributed by atoms with Crippen LogP contribution in [-0.4, -0.2) is 30.9 Å². The highest BCUT2D eigenvalue weighted by atomic mass is 35.5. The van der Waals surface area contributed by atoms with Crippen LogP contribution in [0.25, 0.3) is 11.1 Å². The Balaban J connectivity index is 1.67. The first kappa shape index (κ1) is 23.8. The summed E-state index contributed by atoms with van der Waals surface area (Å²) >= 11 is 6.05. The lowest BCUT2D eigenvalue weighted by atomic mass is 9.88. The summed E-state index contributed by atoms with van der Waals surface area (Å²) in [6, 6.07) is 21.4. The van der Waals surface area contributed by atoms with Crippen molar-refractivity contribution in [1.29, 1.82) is 0 Å². The Bertz CT molecular complexity index is 1180. The van der Waals surface area contributed by atoms with Crippen LogP contribution in [0.5, 0.6) is 0 Å². The highest BCUT2D eigenvalue weighted by Crippen LogP contribution is 2.41. The number of amides is 2. The molecule has 176 valence electrons. The highest BCUT2D eigenvalue weighted by Gasteiger charge is 2.32. The molecule has 0 saturated carbocycles. The molecule has 3 aromatic carbocycles. The summed E-state index contributed by atoms with van der Waals surface area (Å²) in [7, 11) is 0. The maximum Gasteiger partial charge on any atom is 0.251 e. The third kappa shape index (κ3) is 5.08. The van der Waals surface area contributed by atoms with Crippen LogP contribution in [0.2, 0.25) is 5.02 Å². The highest BCUT2D eigenvalue weighted by molar-refractivity contribution is 6.30. The number of hydrogen-bond donors (Lipinski definition) is 3. The van der Waals surface area contributed by atoms with E-state index < -0.39 is 0 Å². The smallest absolute Gasteiger partial charge is 0.251 e. The van der Waals surface area contributed by atoms with E-state index in [1.54, 1.807) is 6.92 Å². The van der Waals surface area contributed by atoms with Gasteiger partial charge in [-0.25, -0.2) is 0 Å². The predicted octanol–water partition coefficient (Wildman–Crippen LogP) is 4.99. The molecular formula is C27H29ClN4O2. The van der Waals surface area contributed by atoms with Crippen molar-refractivity contribution < 1.29 is 9.59 Å². The van der Waals surface area contributed by atoms with Crippen LogP contribution in [0.1, 0.15) is 42.2 Å². The molecule has 1 aliphatic rings. The molecule has 6 nitrogen and oxygen atoms in total. The number of fused-ring (bicyclic) bond motifs is 1. The lowest BCUT2D eigenvalue weighted by Crippen LogP contribution is -2.43. The van der Waals surface area contributed by atoms with Crippen LogP contribution in [-0.2, 0) is 4.79 Å². The van der Waals surface area contributed by atoms with Gasteiger partial charge in [-0.15, -0.1) is 0 Å². The molecule has 3 aromatic rings. The number of carbonyl (C=O) groups is 2. The fourth-order valence-corrected chi connectivity index (χ4v) is 4.64. The van der Waals surface area contributed by atoms with E-state index in [9.17, 15) is 9.59 Å². The first-order valence-corrected chi connectivity index (χ1v) is 11.8. The fraction of sp³-hybridized carbons (Fsp3) is 0.259. The molecule has 1 heterocycles. The van der Waals surface area contributed by atoms with Crippen molar-refractivity contribution in [2.45, 2.75) is 32.4 Å². The van der Waals surface area contributed by atoms with Gasteiger partial charge in [-0.2, -0.15) is 0 Å². The number of nitrogens with one attached hydrogen (secondary N) is 2. The van der Waals surface area contributed by atoms with E-state index in [1.165, 1.54) is 0 Å². The van der Waals surface area contributed by atoms with Crippen molar-refractivity contribution in [3.8, 4) is 11.1 Å². The quantitative estimate of drug-likeness (QED) is 0.467. The standard InChI is InChI=1S/C27H29ClN4O2/c1-17-15-25(31-23-10-8-22(28)9-11-23)24-16-21(7-12-26(24)32(17)18(2)33)19-3-5-20(6-4-19)27(34)30-14-13-29/h3-12,16-17,25,31H,13-15,29H2,1-2H3,(H,30,34)/t17-,25?/m0/s1. The summed E-state index contributed by atoms with van der Waals surface area (Å²) < 4.78 is 0. The maximum atomic E-state index is 12.5. The van der Waals surface area contributed by atoms with Gasteiger partial charge in [0, 0.05) is 48.0 Å². The summed E-state index contributed by atoms with van der Waals surface area (Å²) in [5, 5.41) is 7.09. The van der Waals surface area contributed by atoms with Crippen molar-refractivity contribution in [3.63, 3.8) is 0 Å². The van der Waals surface area contributed by atoms with Gasteiger partial charge in [-0.3, -0.25) is 9.59 Å². The molecule has 2 atom stereocenters. The summed E-state index contributed by atoms with van der Waals surface area (Å²) in [6.45, 7) is 4.53. The maximum absolute atomic E-state index is 12.5. The molecule has 0 saturated heterocycles. The largest absolute Gasteiger partial charge is 0.378 e. The van der Waals surface area contributed by atoms with Gasteiger partial charge in [0.05, 0.1) is 6.04 Å². The molecule has 1 unspecified atom stereocenters. The van der Waals surface area contributed by atoms with E-state index in [-0.39, 0.29) is 23.9 Å². The molecule has 34 heavy (non-hydrogen) atoms. The zero-order valence-corrected chi connectivity index (χ0v) is 20.1. The van der Waals surface area contributed by atoms with E-state index in [2.05, 4.69) is 23.6 Å². The Morgan fingerprint density at radius 2 is 1.71 bits per heavy atom. The second kappa shape index (κ2) is 10.3. The Kier molecular flexibility index (Phi) is 7.20. The number of nitrogens with two attached hydrogens (primary N) is 1. The Labute approximate surface area is 205 Å². The lowest BCUT2D eigenvalue weighted by molar-refractivity contribution is -0.117. The van der Waals surface area contributed by atoms with Gasteiger partial charge in [-0.1, -0.05) is 29.8 Å². The second-order valence-corrected chi connectivity index (χ2v) is 9.01. The van der Waals surface area contributed by atoms with E-state index in [0.29, 0.717) is 23.7 Å². The van der Waals surface area contributed by atoms with Crippen molar-refractivity contribution >= 4 is 34.8 Å². The lowest BCUT2D eigenvalue weighted by Gasteiger charge is -2.39. The number of carbonyl (C=O) groups excluding carboxylic acids is 2. The molecule has 1 aliphatic heterocycles. The van der Waals surface area contributed by atoms with Gasteiger partial charge in [0.15, 0.2) is 0 Å². The van der Waals surface area contributed by atoms with Gasteiger partial charge >= 0.3 is 0 Å². The Morgan fingerprint density at radius 3 is 2.35 bits per heavy atom.